The van der Waals surface area contributed by atoms with E-state index in [1.54, 1.807) is 18.2 Å². The molecule has 0 radical (unpaired) electrons. The highest BCUT2D eigenvalue weighted by atomic mass is 35.5. The molecule has 0 spiro atoms. The average molecular weight is 682 g/mol. The summed E-state index contributed by atoms with van der Waals surface area (Å²) in [5.74, 6) is -1.89. The number of alkyl halides is 6. The van der Waals surface area contributed by atoms with Crippen LogP contribution in [0.3, 0.4) is 0 Å². The fraction of sp³-hybridized carbons (Fsp3) is 0.259. The van der Waals surface area contributed by atoms with E-state index in [1.807, 2.05) is 10.2 Å². The molecule has 1 saturated heterocycles. The lowest BCUT2D eigenvalue weighted by atomic mass is 10.1. The maximum atomic E-state index is 14.2. The van der Waals surface area contributed by atoms with Gasteiger partial charge < -0.3 is 15.5 Å². The zero-order valence-corrected chi connectivity index (χ0v) is 24.0. The summed E-state index contributed by atoms with van der Waals surface area (Å²) >= 11 is 11.6. The Labute approximate surface area is 259 Å². The molecule has 3 aromatic rings. The minimum Gasteiger partial charge on any atom is -0.336 e. The fourth-order valence-corrected chi connectivity index (χ4v) is 5.08. The van der Waals surface area contributed by atoms with Crippen molar-refractivity contribution in [1.29, 1.82) is 0 Å². The predicted molar refractivity (Wildman–Crippen MR) is 150 cm³/mol. The van der Waals surface area contributed by atoms with Gasteiger partial charge in [0.25, 0.3) is 5.91 Å². The topological polar surface area (TPSA) is 108 Å². The first-order chi connectivity index (χ1) is 20.9. The largest absolute Gasteiger partial charge is 0.416 e. The number of hydrogen-bond acceptors (Lipinski definition) is 5. The third-order valence-electron chi connectivity index (χ3n) is 6.64. The number of nitrogens with zero attached hydrogens (tertiary/aromatic N) is 3. The molecule has 1 fully saturated rings. The number of piperazine rings is 1. The summed E-state index contributed by atoms with van der Waals surface area (Å²) in [6, 6.07) is 6.65. The van der Waals surface area contributed by atoms with Gasteiger partial charge in [-0.25, -0.2) is 9.18 Å². The normalized spacial score (nSPS) is 14.3. The lowest BCUT2D eigenvalue weighted by Crippen LogP contribution is -2.48. The van der Waals surface area contributed by atoms with Gasteiger partial charge in [0, 0.05) is 44.1 Å². The molecule has 45 heavy (non-hydrogen) atoms. The number of hydrogen-bond donors (Lipinski definition) is 2. The van der Waals surface area contributed by atoms with Crippen LogP contribution in [0.1, 0.15) is 27.0 Å². The number of benzene rings is 3. The van der Waals surface area contributed by atoms with E-state index < -0.39 is 73.1 Å². The quantitative estimate of drug-likeness (QED) is 0.120. The summed E-state index contributed by atoms with van der Waals surface area (Å²) in [5.41, 5.74) is -4.33. The Morgan fingerprint density at radius 1 is 0.844 bits per heavy atom. The molecule has 4 rings (SSSR count). The van der Waals surface area contributed by atoms with E-state index in [0.29, 0.717) is 37.3 Å². The first kappa shape index (κ1) is 33.7. The molecule has 1 aliphatic rings. The van der Waals surface area contributed by atoms with Gasteiger partial charge in [-0.1, -0.05) is 35.3 Å². The Balaban J connectivity index is 1.38. The van der Waals surface area contributed by atoms with Gasteiger partial charge in [0.1, 0.15) is 10.8 Å². The summed E-state index contributed by atoms with van der Waals surface area (Å²) < 4.78 is 92.9. The van der Waals surface area contributed by atoms with Gasteiger partial charge in [-0.3, -0.25) is 19.8 Å². The van der Waals surface area contributed by atoms with E-state index in [9.17, 15) is 50.4 Å². The Morgan fingerprint density at radius 2 is 1.42 bits per heavy atom. The van der Waals surface area contributed by atoms with Gasteiger partial charge >= 0.3 is 24.1 Å². The Kier molecular flexibility index (Phi) is 9.80. The predicted octanol–water partition coefficient (Wildman–Crippen LogP) is 7.68. The van der Waals surface area contributed by atoms with Crippen molar-refractivity contribution in [3.63, 3.8) is 0 Å². The third kappa shape index (κ3) is 8.12. The first-order valence-corrected chi connectivity index (χ1v) is 13.5. The summed E-state index contributed by atoms with van der Waals surface area (Å²) in [6.45, 7) is 1.30. The zero-order chi connectivity index (χ0) is 33.3. The number of nitro groups is 1. The number of carbonyl (C=O) groups is 2. The Bertz CT molecular complexity index is 1610. The molecule has 0 aromatic heterocycles. The Morgan fingerprint density at radius 3 is 1.98 bits per heavy atom. The van der Waals surface area contributed by atoms with Crippen LogP contribution in [0.5, 0.6) is 0 Å². The molecule has 0 atom stereocenters. The minimum atomic E-state index is -5.08. The molecule has 0 unspecified atom stereocenters. The number of nitrogens with one attached hydrogen (secondary N) is 2. The lowest BCUT2D eigenvalue weighted by Gasteiger charge is -2.35. The highest BCUT2D eigenvalue weighted by Gasteiger charge is 2.37. The average Bonchev–Trinajstić information content (AvgIpc) is 2.94. The van der Waals surface area contributed by atoms with Crippen molar-refractivity contribution in [2.75, 3.05) is 36.8 Å². The van der Waals surface area contributed by atoms with Crippen LogP contribution in [0.2, 0.25) is 10.0 Å². The number of amides is 3. The highest BCUT2D eigenvalue weighted by molar-refractivity contribution is 6.40. The van der Waals surface area contributed by atoms with Crippen LogP contribution < -0.4 is 10.6 Å². The van der Waals surface area contributed by atoms with Gasteiger partial charge in [0.2, 0.25) is 0 Å². The van der Waals surface area contributed by atoms with Gasteiger partial charge in [-0.15, -0.1) is 0 Å². The number of carbonyl (C=O) groups excluding carboxylic acids is 2. The minimum absolute atomic E-state index is 0.0546. The standard InChI is InChI=1S/C27H20Cl2F7N5O4/c28-21-19(12-20(30)22(29)23(21)41(44)45)24(42)40-6-4-39(5-7-40)13-14-2-1-3-17(8-14)37-25(43)38-18-10-15(26(31,32)33)9-16(11-18)27(34,35)36/h1-3,8-12H,4-7,13H2,(H2,37,38,43). The van der Waals surface area contributed by atoms with Crippen molar-refractivity contribution < 1.29 is 45.2 Å². The number of anilines is 2. The number of rotatable bonds is 6. The molecule has 240 valence electrons. The van der Waals surface area contributed by atoms with Crippen molar-refractivity contribution in [1.82, 2.24) is 9.80 Å². The monoisotopic (exact) mass is 681 g/mol. The highest BCUT2D eigenvalue weighted by Crippen LogP contribution is 2.39. The van der Waals surface area contributed by atoms with Gasteiger partial charge in [-0.2, -0.15) is 26.3 Å². The van der Waals surface area contributed by atoms with Gasteiger partial charge in [0.05, 0.1) is 21.6 Å². The van der Waals surface area contributed by atoms with E-state index in [1.165, 1.54) is 11.0 Å². The van der Waals surface area contributed by atoms with Crippen LogP contribution in [-0.4, -0.2) is 52.8 Å². The van der Waals surface area contributed by atoms with Crippen LogP contribution in [0, 0.1) is 15.9 Å². The van der Waals surface area contributed by atoms with Crippen molar-refractivity contribution in [2.45, 2.75) is 18.9 Å². The number of halogens is 9. The molecule has 3 amide bonds. The van der Waals surface area contributed by atoms with Crippen molar-refractivity contribution >= 4 is 52.2 Å². The first-order valence-electron chi connectivity index (χ1n) is 12.7. The second-order valence-electron chi connectivity index (χ2n) is 9.78. The molecule has 3 aromatic carbocycles. The van der Waals surface area contributed by atoms with E-state index >= 15 is 0 Å². The summed E-state index contributed by atoms with van der Waals surface area (Å²) in [4.78, 5) is 38.9. The zero-order valence-electron chi connectivity index (χ0n) is 22.5. The summed E-state index contributed by atoms with van der Waals surface area (Å²) in [6.07, 6.45) is -10.2. The molecule has 0 bridgehead atoms. The van der Waals surface area contributed by atoms with Crippen molar-refractivity contribution in [3.05, 3.63) is 96.8 Å². The van der Waals surface area contributed by atoms with Gasteiger partial charge in [0.15, 0.2) is 5.02 Å². The summed E-state index contributed by atoms with van der Waals surface area (Å²) in [5, 5.41) is 14.2. The molecule has 1 heterocycles. The fourth-order valence-electron chi connectivity index (χ4n) is 4.51. The molecule has 9 nitrogen and oxygen atoms in total. The smallest absolute Gasteiger partial charge is 0.336 e. The molecule has 0 aliphatic carbocycles. The second kappa shape index (κ2) is 13.1. The van der Waals surface area contributed by atoms with Gasteiger partial charge in [-0.05, 0) is 42.0 Å². The number of urea groups is 1. The van der Waals surface area contributed by atoms with Crippen LogP contribution in [0.15, 0.2) is 48.5 Å². The third-order valence-corrected chi connectivity index (χ3v) is 7.38. The maximum Gasteiger partial charge on any atom is 0.416 e. The van der Waals surface area contributed by atoms with Crippen LogP contribution in [-0.2, 0) is 18.9 Å². The van der Waals surface area contributed by atoms with E-state index in [-0.39, 0.29) is 24.8 Å². The summed E-state index contributed by atoms with van der Waals surface area (Å²) in [7, 11) is 0. The molecular weight excluding hydrogens is 662 g/mol. The van der Waals surface area contributed by atoms with Crippen LogP contribution >= 0.6 is 23.2 Å². The molecule has 18 heteroatoms. The molecular formula is C27H20Cl2F7N5O4. The molecule has 2 N–H and O–H groups in total. The SMILES string of the molecule is O=C(Nc1cccc(CN2CCN(C(=O)c3cc(F)c(Cl)c([N+](=O)[O-])c3Cl)CC2)c1)Nc1cc(C(F)(F)F)cc(C(F)(F)F)c1. The Hall–Kier alpha value is -4.15. The number of nitro benzene ring substituents is 1. The molecule has 1 aliphatic heterocycles. The lowest BCUT2D eigenvalue weighted by molar-refractivity contribution is -0.384. The van der Waals surface area contributed by atoms with E-state index in [4.69, 9.17) is 23.2 Å². The van der Waals surface area contributed by atoms with Crippen molar-refractivity contribution in [3.8, 4) is 0 Å². The van der Waals surface area contributed by atoms with E-state index in [2.05, 4.69) is 5.32 Å². The van der Waals surface area contributed by atoms with E-state index in [0.717, 1.165) is 6.07 Å². The maximum absolute atomic E-state index is 14.2. The second-order valence-corrected chi connectivity index (χ2v) is 10.5. The van der Waals surface area contributed by atoms with Crippen molar-refractivity contribution in [2.24, 2.45) is 0 Å². The van der Waals surface area contributed by atoms with Crippen LogP contribution in [0.25, 0.3) is 0 Å². The van der Waals surface area contributed by atoms with Crippen LogP contribution in [0.4, 0.5) is 52.6 Å². The molecule has 0 saturated carbocycles.